The van der Waals surface area contributed by atoms with Gasteiger partial charge in [0.1, 0.15) is 11.1 Å². The molecule has 3 aromatic rings. The van der Waals surface area contributed by atoms with Crippen molar-refractivity contribution in [1.29, 1.82) is 5.26 Å². The Hall–Kier alpha value is -1.48. The zero-order valence-corrected chi connectivity index (χ0v) is 11.4. The molecule has 0 radical (unpaired) electrons. The Bertz CT molecular complexity index is 737. The second kappa shape index (κ2) is 4.65. The van der Waals surface area contributed by atoms with E-state index >= 15 is 0 Å². The predicted octanol–water partition coefficient (Wildman–Crippen LogP) is 4.07. The molecule has 0 bridgehead atoms. The smallest absolute Gasteiger partial charge is 0.195 e. The van der Waals surface area contributed by atoms with E-state index in [1.54, 1.807) is 0 Å². The Balaban J connectivity index is 2.02. The fourth-order valence-electron chi connectivity index (χ4n) is 1.55. The molecule has 0 fully saturated rings. The van der Waals surface area contributed by atoms with Crippen molar-refractivity contribution in [3.8, 4) is 6.07 Å². The second-order valence-corrected chi connectivity index (χ2v) is 5.86. The normalized spacial score (nSPS) is 10.7. The van der Waals surface area contributed by atoms with Crippen molar-refractivity contribution in [2.75, 3.05) is 0 Å². The molecule has 3 rings (SSSR count). The van der Waals surface area contributed by atoms with E-state index in [1.807, 2.05) is 40.2 Å². The lowest BCUT2D eigenvalue weighted by atomic mass is 10.4. The minimum Gasteiger partial charge on any atom is -0.281 e. The highest BCUT2D eigenvalue weighted by atomic mass is 35.5. The van der Waals surface area contributed by atoms with Gasteiger partial charge in [-0.25, -0.2) is 4.98 Å². The van der Waals surface area contributed by atoms with Crippen molar-refractivity contribution >= 4 is 39.7 Å². The van der Waals surface area contributed by atoms with E-state index in [2.05, 4.69) is 11.1 Å². The molecule has 0 unspecified atom stereocenters. The lowest BCUT2D eigenvalue weighted by Crippen LogP contribution is -1.83. The zero-order chi connectivity index (χ0) is 12.5. The van der Waals surface area contributed by atoms with Crippen LogP contribution in [0.3, 0.4) is 0 Å². The van der Waals surface area contributed by atoms with Gasteiger partial charge in [-0.2, -0.15) is 5.26 Å². The van der Waals surface area contributed by atoms with Gasteiger partial charge in [-0.15, -0.1) is 11.3 Å². The maximum absolute atomic E-state index is 9.21. The van der Waals surface area contributed by atoms with Crippen molar-refractivity contribution in [3.05, 3.63) is 46.6 Å². The Kier molecular flexibility index (Phi) is 3.00. The molecular formula is C12H6ClN3S2. The van der Waals surface area contributed by atoms with Crippen LogP contribution in [0.1, 0.15) is 5.69 Å². The van der Waals surface area contributed by atoms with Crippen LogP contribution in [-0.4, -0.2) is 9.38 Å². The number of hydrogen-bond donors (Lipinski definition) is 0. The van der Waals surface area contributed by atoms with E-state index in [1.165, 1.54) is 23.1 Å². The fraction of sp³-hybridized carbons (Fsp3) is 0. The molecule has 0 saturated carbocycles. The standard InChI is InChI=1S/C12H6ClN3S2/c13-8-1-3-9(4-2-8)18-11-10(7-14)16-5-6-17-12(16)15-11/h1-6H. The summed E-state index contributed by atoms with van der Waals surface area (Å²) in [7, 11) is 0. The van der Waals surface area contributed by atoms with Gasteiger partial charge in [-0.1, -0.05) is 23.4 Å². The highest BCUT2D eigenvalue weighted by Gasteiger charge is 2.13. The third kappa shape index (κ3) is 1.99. The van der Waals surface area contributed by atoms with Gasteiger partial charge in [0.15, 0.2) is 10.7 Å². The van der Waals surface area contributed by atoms with Crippen molar-refractivity contribution in [2.24, 2.45) is 0 Å². The van der Waals surface area contributed by atoms with Gasteiger partial charge in [0.2, 0.25) is 0 Å². The maximum atomic E-state index is 9.21. The first-order chi connectivity index (χ1) is 8.78. The van der Waals surface area contributed by atoms with Crippen LogP contribution in [0.2, 0.25) is 5.02 Å². The molecule has 6 heteroatoms. The number of rotatable bonds is 2. The van der Waals surface area contributed by atoms with Gasteiger partial charge < -0.3 is 0 Å². The topological polar surface area (TPSA) is 41.1 Å². The SMILES string of the molecule is N#Cc1c(Sc2ccc(Cl)cc2)nc2sccn12. The van der Waals surface area contributed by atoms with Gasteiger partial charge in [0.25, 0.3) is 0 Å². The van der Waals surface area contributed by atoms with E-state index in [9.17, 15) is 5.26 Å². The van der Waals surface area contributed by atoms with Crippen molar-refractivity contribution in [2.45, 2.75) is 9.92 Å². The van der Waals surface area contributed by atoms with Crippen LogP contribution in [0.25, 0.3) is 4.96 Å². The minimum absolute atomic E-state index is 0.575. The number of fused-ring (bicyclic) bond motifs is 1. The molecule has 0 spiro atoms. The highest BCUT2D eigenvalue weighted by molar-refractivity contribution is 7.99. The number of thiazole rings is 1. The Morgan fingerprint density at radius 2 is 2.11 bits per heavy atom. The summed E-state index contributed by atoms with van der Waals surface area (Å²) < 4.78 is 1.81. The molecule has 0 atom stereocenters. The molecule has 0 saturated heterocycles. The highest BCUT2D eigenvalue weighted by Crippen LogP contribution is 2.31. The molecule has 0 amide bonds. The van der Waals surface area contributed by atoms with Crippen molar-refractivity contribution in [1.82, 2.24) is 9.38 Å². The summed E-state index contributed by atoms with van der Waals surface area (Å²) in [5, 5.41) is 12.5. The molecule has 1 aromatic carbocycles. The van der Waals surface area contributed by atoms with Gasteiger partial charge in [-0.05, 0) is 24.3 Å². The number of hydrogen-bond acceptors (Lipinski definition) is 4. The first-order valence-electron chi connectivity index (χ1n) is 5.07. The van der Waals surface area contributed by atoms with Gasteiger partial charge >= 0.3 is 0 Å². The monoisotopic (exact) mass is 291 g/mol. The molecular weight excluding hydrogens is 286 g/mol. The average molecular weight is 292 g/mol. The fourth-order valence-corrected chi connectivity index (χ4v) is 3.32. The Morgan fingerprint density at radius 1 is 1.33 bits per heavy atom. The minimum atomic E-state index is 0.575. The van der Waals surface area contributed by atoms with Gasteiger partial charge in [0.05, 0.1) is 0 Å². The van der Waals surface area contributed by atoms with E-state index in [0.717, 1.165) is 14.9 Å². The molecule has 0 aliphatic carbocycles. The largest absolute Gasteiger partial charge is 0.281 e. The lowest BCUT2D eigenvalue weighted by Gasteiger charge is -1.98. The van der Waals surface area contributed by atoms with Crippen molar-refractivity contribution < 1.29 is 0 Å². The van der Waals surface area contributed by atoms with Crippen LogP contribution in [0, 0.1) is 11.3 Å². The van der Waals surface area contributed by atoms with Crippen LogP contribution in [0.4, 0.5) is 0 Å². The second-order valence-electron chi connectivity index (χ2n) is 3.49. The van der Waals surface area contributed by atoms with Crippen LogP contribution < -0.4 is 0 Å². The summed E-state index contributed by atoms with van der Waals surface area (Å²) in [4.78, 5) is 6.30. The maximum Gasteiger partial charge on any atom is 0.195 e. The van der Waals surface area contributed by atoms with Crippen LogP contribution in [-0.2, 0) is 0 Å². The summed E-state index contributed by atoms with van der Waals surface area (Å²) in [6, 6.07) is 9.69. The van der Waals surface area contributed by atoms with Gasteiger partial charge in [-0.3, -0.25) is 4.40 Å². The van der Waals surface area contributed by atoms with E-state index in [-0.39, 0.29) is 0 Å². The Morgan fingerprint density at radius 3 is 2.83 bits per heavy atom. The van der Waals surface area contributed by atoms with Crippen molar-refractivity contribution in [3.63, 3.8) is 0 Å². The molecule has 3 nitrogen and oxygen atoms in total. The van der Waals surface area contributed by atoms with E-state index in [4.69, 9.17) is 11.6 Å². The number of benzene rings is 1. The van der Waals surface area contributed by atoms with Crippen LogP contribution in [0.15, 0.2) is 45.8 Å². The number of halogens is 1. The molecule has 18 heavy (non-hydrogen) atoms. The summed E-state index contributed by atoms with van der Waals surface area (Å²) in [6.45, 7) is 0. The molecule has 2 aromatic heterocycles. The number of nitrogens with zero attached hydrogens (tertiary/aromatic N) is 3. The lowest BCUT2D eigenvalue weighted by molar-refractivity contribution is 1.14. The molecule has 0 N–H and O–H groups in total. The third-order valence-corrected chi connectivity index (χ3v) is 4.36. The molecule has 0 aliphatic rings. The predicted molar refractivity (Wildman–Crippen MR) is 73.4 cm³/mol. The summed E-state index contributed by atoms with van der Waals surface area (Å²) in [5.41, 5.74) is 0.575. The Labute approximate surface area is 117 Å². The van der Waals surface area contributed by atoms with Crippen LogP contribution >= 0.6 is 34.7 Å². The first kappa shape index (κ1) is 11.6. The van der Waals surface area contributed by atoms with Crippen LogP contribution in [0.5, 0.6) is 0 Å². The molecule has 0 aliphatic heterocycles. The average Bonchev–Trinajstić information content (AvgIpc) is 2.92. The quantitative estimate of drug-likeness (QED) is 0.714. The van der Waals surface area contributed by atoms with E-state index < -0.39 is 0 Å². The number of aromatic nitrogens is 2. The zero-order valence-electron chi connectivity index (χ0n) is 9.00. The summed E-state index contributed by atoms with van der Waals surface area (Å²) in [5.74, 6) is 0. The summed E-state index contributed by atoms with van der Waals surface area (Å²) in [6.07, 6.45) is 1.86. The molecule has 2 heterocycles. The van der Waals surface area contributed by atoms with Gasteiger partial charge in [0, 0.05) is 21.5 Å². The molecule has 88 valence electrons. The van der Waals surface area contributed by atoms with E-state index in [0.29, 0.717) is 10.7 Å². The number of nitriles is 1. The summed E-state index contributed by atoms with van der Waals surface area (Å²) >= 11 is 8.83. The number of imidazole rings is 1. The first-order valence-corrected chi connectivity index (χ1v) is 7.14. The third-order valence-electron chi connectivity index (χ3n) is 2.36.